The van der Waals surface area contributed by atoms with Crippen molar-refractivity contribution in [1.29, 1.82) is 0 Å². The lowest BCUT2D eigenvalue weighted by Gasteiger charge is -2.28. The van der Waals surface area contributed by atoms with Crippen LogP contribution in [0.3, 0.4) is 0 Å². The molecule has 172 valence electrons. The van der Waals surface area contributed by atoms with Crippen LogP contribution in [-0.2, 0) is 24.0 Å². The molecule has 0 bridgehead atoms. The Morgan fingerprint density at radius 1 is 0.800 bits per heavy atom. The van der Waals surface area contributed by atoms with E-state index in [1.54, 1.807) is 27.7 Å². The quantitative estimate of drug-likeness (QED) is 0.174. The van der Waals surface area contributed by atoms with E-state index in [4.69, 9.17) is 16.6 Å². The molecule has 9 N–H and O–H groups in total. The Bertz CT molecular complexity index is 651. The van der Waals surface area contributed by atoms with Crippen LogP contribution in [0.2, 0.25) is 0 Å². The molecule has 0 spiro atoms. The fourth-order valence-electron chi connectivity index (χ4n) is 2.40. The summed E-state index contributed by atoms with van der Waals surface area (Å²) in [7, 11) is 0. The molecular formula is C18H33N5O7. The van der Waals surface area contributed by atoms with E-state index in [2.05, 4.69) is 16.0 Å². The van der Waals surface area contributed by atoms with Crippen molar-refractivity contribution < 1.29 is 34.2 Å². The number of carbonyl (C=O) groups excluding carboxylic acids is 4. The first-order valence-corrected chi connectivity index (χ1v) is 9.54. The fourth-order valence-corrected chi connectivity index (χ4v) is 2.40. The molecule has 0 radical (unpaired) electrons. The van der Waals surface area contributed by atoms with Gasteiger partial charge in [0, 0.05) is 0 Å². The molecule has 0 saturated heterocycles. The van der Waals surface area contributed by atoms with Gasteiger partial charge < -0.3 is 37.6 Å². The van der Waals surface area contributed by atoms with Gasteiger partial charge in [-0.25, -0.2) is 4.79 Å². The standard InChI is InChI=1S/C18H33N5O7/c1-7(2)12(20)15(26)23-14(9(5)24)17(28)22-13(8(3)4)16(27)21-10(18(29)30)6-11(19)25/h7-10,12-14,24H,6,20H2,1-5H3,(H2,19,25)(H,21,27)(H,22,28)(H,23,26)(H,29,30). The summed E-state index contributed by atoms with van der Waals surface area (Å²) >= 11 is 0. The maximum atomic E-state index is 12.6. The fraction of sp³-hybridized carbons (Fsp3) is 0.722. The predicted molar refractivity (Wildman–Crippen MR) is 107 cm³/mol. The number of amides is 4. The molecule has 12 heteroatoms. The number of aliphatic hydroxyl groups is 1. The highest BCUT2D eigenvalue weighted by Crippen LogP contribution is 2.06. The Morgan fingerprint density at radius 3 is 1.63 bits per heavy atom. The molecule has 0 aromatic heterocycles. The van der Waals surface area contributed by atoms with Crippen molar-refractivity contribution in [2.75, 3.05) is 0 Å². The molecular weight excluding hydrogens is 398 g/mol. The summed E-state index contributed by atoms with van der Waals surface area (Å²) in [5.41, 5.74) is 10.7. The highest BCUT2D eigenvalue weighted by Gasteiger charge is 2.34. The van der Waals surface area contributed by atoms with Gasteiger partial charge in [0.2, 0.25) is 23.6 Å². The molecule has 0 fully saturated rings. The summed E-state index contributed by atoms with van der Waals surface area (Å²) in [5, 5.41) is 25.9. The Hall–Kier alpha value is -2.73. The molecule has 0 saturated carbocycles. The number of carbonyl (C=O) groups is 5. The van der Waals surface area contributed by atoms with Gasteiger partial charge in [0.05, 0.1) is 18.6 Å². The lowest BCUT2D eigenvalue weighted by Crippen LogP contribution is -2.61. The van der Waals surface area contributed by atoms with Crippen molar-refractivity contribution in [1.82, 2.24) is 16.0 Å². The number of primary amides is 1. The van der Waals surface area contributed by atoms with Gasteiger partial charge in [0.25, 0.3) is 0 Å². The van der Waals surface area contributed by atoms with Crippen LogP contribution in [0.4, 0.5) is 0 Å². The monoisotopic (exact) mass is 431 g/mol. The van der Waals surface area contributed by atoms with E-state index in [1.165, 1.54) is 6.92 Å². The van der Waals surface area contributed by atoms with Crippen LogP contribution < -0.4 is 27.4 Å². The van der Waals surface area contributed by atoms with E-state index in [0.717, 1.165) is 0 Å². The van der Waals surface area contributed by atoms with Crippen LogP contribution in [0.15, 0.2) is 0 Å². The summed E-state index contributed by atoms with van der Waals surface area (Å²) in [6, 6.07) is -5.07. The van der Waals surface area contributed by atoms with Gasteiger partial charge in [-0.05, 0) is 18.8 Å². The molecule has 0 aliphatic heterocycles. The lowest BCUT2D eigenvalue weighted by molar-refractivity contribution is -0.144. The largest absolute Gasteiger partial charge is 0.480 e. The minimum absolute atomic E-state index is 0.213. The zero-order chi connectivity index (χ0) is 23.8. The summed E-state index contributed by atoms with van der Waals surface area (Å²) < 4.78 is 0. The van der Waals surface area contributed by atoms with Crippen LogP contribution >= 0.6 is 0 Å². The highest BCUT2D eigenvalue weighted by molar-refractivity contribution is 5.95. The third-order valence-corrected chi connectivity index (χ3v) is 4.35. The van der Waals surface area contributed by atoms with E-state index in [0.29, 0.717) is 0 Å². The van der Waals surface area contributed by atoms with Gasteiger partial charge in [-0.2, -0.15) is 0 Å². The molecule has 30 heavy (non-hydrogen) atoms. The number of hydrogen-bond donors (Lipinski definition) is 7. The van der Waals surface area contributed by atoms with Crippen LogP contribution in [0.1, 0.15) is 41.0 Å². The molecule has 5 unspecified atom stereocenters. The van der Waals surface area contributed by atoms with E-state index >= 15 is 0 Å². The first-order valence-electron chi connectivity index (χ1n) is 9.54. The second-order valence-electron chi connectivity index (χ2n) is 7.80. The maximum Gasteiger partial charge on any atom is 0.326 e. The van der Waals surface area contributed by atoms with Gasteiger partial charge in [0.1, 0.15) is 18.1 Å². The number of aliphatic carboxylic acids is 1. The normalized spacial score (nSPS) is 16.2. The summed E-state index contributed by atoms with van der Waals surface area (Å²) in [4.78, 5) is 59.5. The van der Waals surface area contributed by atoms with Crippen molar-refractivity contribution in [3.8, 4) is 0 Å². The third kappa shape index (κ3) is 8.74. The SMILES string of the molecule is CC(C)C(N)C(=O)NC(C(=O)NC(C(=O)NC(CC(N)=O)C(=O)O)C(C)C)C(C)O. The number of nitrogens with two attached hydrogens (primary N) is 2. The molecule has 0 aromatic rings. The van der Waals surface area contributed by atoms with Crippen LogP contribution in [-0.4, -0.2) is 70.1 Å². The topological polar surface area (TPSA) is 214 Å². The molecule has 0 heterocycles. The number of carboxylic acid groups (broad SMARTS) is 1. The second kappa shape index (κ2) is 12.1. The van der Waals surface area contributed by atoms with Crippen LogP contribution in [0.5, 0.6) is 0 Å². The third-order valence-electron chi connectivity index (χ3n) is 4.35. The predicted octanol–water partition coefficient (Wildman–Crippen LogP) is -2.58. The summed E-state index contributed by atoms with van der Waals surface area (Å²) in [6.07, 6.45) is -1.93. The van der Waals surface area contributed by atoms with Crippen molar-refractivity contribution >= 4 is 29.6 Å². The van der Waals surface area contributed by atoms with E-state index < -0.39 is 72.2 Å². The highest BCUT2D eigenvalue weighted by atomic mass is 16.4. The minimum Gasteiger partial charge on any atom is -0.480 e. The van der Waals surface area contributed by atoms with Crippen molar-refractivity contribution in [2.24, 2.45) is 23.3 Å². The molecule has 0 aromatic carbocycles. The van der Waals surface area contributed by atoms with E-state index in [1.807, 2.05) is 0 Å². The molecule has 12 nitrogen and oxygen atoms in total. The van der Waals surface area contributed by atoms with Crippen molar-refractivity contribution in [3.63, 3.8) is 0 Å². The Morgan fingerprint density at radius 2 is 1.27 bits per heavy atom. The number of hydrogen-bond acceptors (Lipinski definition) is 7. The Kier molecular flexibility index (Phi) is 11.0. The summed E-state index contributed by atoms with van der Waals surface area (Å²) in [6.45, 7) is 7.90. The molecule has 0 aliphatic rings. The molecule has 0 rings (SSSR count). The van der Waals surface area contributed by atoms with Crippen LogP contribution in [0.25, 0.3) is 0 Å². The number of rotatable bonds is 12. The van der Waals surface area contributed by atoms with Crippen LogP contribution in [0, 0.1) is 11.8 Å². The van der Waals surface area contributed by atoms with Gasteiger partial charge in [-0.3, -0.25) is 19.2 Å². The maximum absolute atomic E-state index is 12.6. The Labute approximate surface area is 175 Å². The first kappa shape index (κ1) is 27.3. The second-order valence-corrected chi connectivity index (χ2v) is 7.80. The van der Waals surface area contributed by atoms with Gasteiger partial charge in [-0.15, -0.1) is 0 Å². The number of aliphatic hydroxyl groups excluding tert-OH is 1. The van der Waals surface area contributed by atoms with Gasteiger partial charge >= 0.3 is 5.97 Å². The average molecular weight is 431 g/mol. The van der Waals surface area contributed by atoms with Crippen molar-refractivity contribution in [2.45, 2.75) is 71.3 Å². The minimum atomic E-state index is -1.57. The Balaban J connectivity index is 5.39. The molecule has 5 atom stereocenters. The van der Waals surface area contributed by atoms with Crippen molar-refractivity contribution in [3.05, 3.63) is 0 Å². The number of carboxylic acids is 1. The zero-order valence-corrected chi connectivity index (χ0v) is 17.8. The van der Waals surface area contributed by atoms with Gasteiger partial charge in [-0.1, -0.05) is 27.7 Å². The molecule has 0 aliphatic carbocycles. The average Bonchev–Trinajstić information content (AvgIpc) is 2.60. The smallest absolute Gasteiger partial charge is 0.326 e. The van der Waals surface area contributed by atoms with E-state index in [9.17, 15) is 29.1 Å². The summed E-state index contributed by atoms with van der Waals surface area (Å²) in [5.74, 6) is -5.45. The zero-order valence-electron chi connectivity index (χ0n) is 17.8. The van der Waals surface area contributed by atoms with Gasteiger partial charge in [0.15, 0.2) is 0 Å². The number of nitrogens with one attached hydrogen (secondary N) is 3. The lowest BCUT2D eigenvalue weighted by atomic mass is 10.0. The molecule has 4 amide bonds. The van der Waals surface area contributed by atoms with E-state index in [-0.39, 0.29) is 5.92 Å². The first-order chi connectivity index (χ1) is 13.7.